The number of unbranched alkanes of at least 4 members (excludes halogenated alkanes) is 4. The monoisotopic (exact) mass is 965 g/mol. The molecule has 0 radical (unpaired) electrons. The smallest absolute Gasteiger partial charge is 0.00762 e. The van der Waals surface area contributed by atoms with Crippen molar-refractivity contribution >= 4 is 73.6 Å². The Morgan fingerprint density at radius 2 is 0.532 bits per heavy atom. The molecule has 0 aromatic heterocycles. The molecule has 0 N–H and O–H groups in total. The van der Waals surface area contributed by atoms with Gasteiger partial charge < -0.3 is 0 Å². The first-order valence-corrected chi connectivity index (χ1v) is 31.4. The van der Waals surface area contributed by atoms with E-state index in [0.717, 1.165) is 0 Å². The van der Waals surface area contributed by atoms with Gasteiger partial charge in [-0.1, -0.05) is 116 Å². The van der Waals surface area contributed by atoms with Crippen molar-refractivity contribution < 1.29 is 0 Å². The molecule has 4 aromatic rings. The standard InChI is InChI=1S/2C25H40P2S.6CH4/c2*1-9-10-11-13-22-18(4)19(5)23(14-12-15-28(8)27-26)25-21(7)17(3)16(2)20(6)24(22)25;;;;;;/h2*9-15,26H2,1-8H3;6*1H4. The predicted molar refractivity (Wildman–Crippen MR) is 318 cm³/mol. The van der Waals surface area contributed by atoms with E-state index in [1.807, 2.05) is 0 Å². The third-order valence-corrected chi connectivity index (χ3v) is 25.9. The minimum Gasteiger partial charge on any atom is -0.162 e. The normalized spacial score (nSPS) is 11.6. The van der Waals surface area contributed by atoms with Gasteiger partial charge in [-0.05, 0) is 269 Å². The molecule has 4 atom stereocenters. The molecule has 360 valence electrons. The van der Waals surface area contributed by atoms with E-state index >= 15 is 0 Å². The molecule has 0 heterocycles. The maximum atomic E-state index is 2.89. The topological polar surface area (TPSA) is 0 Å². The summed E-state index contributed by atoms with van der Waals surface area (Å²) in [7, 11) is 9.76. The highest BCUT2D eigenvalue weighted by Gasteiger charge is 2.22. The lowest BCUT2D eigenvalue weighted by Gasteiger charge is -2.24. The van der Waals surface area contributed by atoms with Crippen LogP contribution in [0, 0.1) is 83.1 Å². The van der Waals surface area contributed by atoms with Crippen LogP contribution in [0.4, 0.5) is 0 Å². The fourth-order valence-corrected chi connectivity index (χ4v) is 13.8. The largest absolute Gasteiger partial charge is 0.162 e. The van der Waals surface area contributed by atoms with Crippen molar-refractivity contribution in [1.82, 2.24) is 0 Å². The molecule has 0 saturated carbocycles. The van der Waals surface area contributed by atoms with Crippen LogP contribution in [0.1, 0.15) is 199 Å². The summed E-state index contributed by atoms with van der Waals surface area (Å²) in [5.41, 5.74) is 24.8. The highest BCUT2D eigenvalue weighted by Crippen LogP contribution is 2.41. The molecular formula is C56H104P4S2. The lowest BCUT2D eigenvalue weighted by molar-refractivity contribution is 0.717. The van der Waals surface area contributed by atoms with Crippen molar-refractivity contribution in [3.05, 3.63) is 89.0 Å². The molecular weight excluding hydrogens is 861 g/mol. The van der Waals surface area contributed by atoms with E-state index in [1.165, 1.54) is 147 Å². The summed E-state index contributed by atoms with van der Waals surface area (Å²) in [6.45, 7) is 32.9. The Bertz CT molecular complexity index is 1940. The maximum Gasteiger partial charge on any atom is -0.00762 e. The Kier molecular flexibility index (Phi) is 35.5. The van der Waals surface area contributed by atoms with Gasteiger partial charge in [-0.15, -0.1) is 0 Å². The van der Waals surface area contributed by atoms with E-state index in [2.05, 4.69) is 127 Å². The van der Waals surface area contributed by atoms with E-state index in [-0.39, 0.29) is 44.6 Å². The number of rotatable bonds is 16. The Hall–Kier alpha value is -0.440. The van der Waals surface area contributed by atoms with E-state index in [9.17, 15) is 0 Å². The van der Waals surface area contributed by atoms with Crippen LogP contribution >= 0.6 is 31.9 Å². The average molecular weight is 965 g/mol. The minimum atomic E-state index is 0. The molecule has 4 rings (SSSR count). The quantitative estimate of drug-likeness (QED) is 0.0775. The van der Waals surface area contributed by atoms with Crippen molar-refractivity contribution in [2.45, 2.75) is 219 Å². The first-order valence-electron chi connectivity index (χ1n) is 21.6. The third kappa shape index (κ3) is 15.8. The van der Waals surface area contributed by atoms with Crippen molar-refractivity contribution in [1.29, 1.82) is 0 Å². The van der Waals surface area contributed by atoms with Crippen LogP contribution in [0.25, 0.3) is 21.5 Å². The van der Waals surface area contributed by atoms with Crippen molar-refractivity contribution in [3.63, 3.8) is 0 Å². The van der Waals surface area contributed by atoms with Crippen LogP contribution < -0.4 is 0 Å². The Morgan fingerprint density at radius 1 is 0.323 bits per heavy atom. The number of hydrogen-bond donors (Lipinski definition) is 0. The molecule has 0 saturated heterocycles. The summed E-state index contributed by atoms with van der Waals surface area (Å²) in [5.74, 6) is 2.68. The second kappa shape index (κ2) is 32.3. The van der Waals surface area contributed by atoms with Crippen LogP contribution in [0.3, 0.4) is 0 Å². The molecule has 0 aliphatic heterocycles. The van der Waals surface area contributed by atoms with Crippen LogP contribution in [-0.2, 0) is 45.8 Å². The van der Waals surface area contributed by atoms with Gasteiger partial charge in [0, 0.05) is 0 Å². The molecule has 0 bridgehead atoms. The number of hydrogen-bond acceptors (Lipinski definition) is 0. The van der Waals surface area contributed by atoms with Crippen LogP contribution in [0.5, 0.6) is 0 Å². The number of aryl methyl sites for hydroxylation is 8. The molecule has 0 aliphatic carbocycles. The van der Waals surface area contributed by atoms with Crippen LogP contribution in [0.2, 0.25) is 0 Å². The molecule has 62 heavy (non-hydrogen) atoms. The highest BCUT2D eigenvalue weighted by molar-refractivity contribution is 8.38. The van der Waals surface area contributed by atoms with Gasteiger partial charge in [0.05, 0.1) is 0 Å². The first kappa shape index (κ1) is 68.1. The Labute approximate surface area is 402 Å². The minimum absolute atomic E-state index is 0. The molecule has 0 aliphatic rings. The van der Waals surface area contributed by atoms with Crippen LogP contribution in [0.15, 0.2) is 0 Å². The molecule has 0 nitrogen and oxygen atoms in total. The summed E-state index contributed by atoms with van der Waals surface area (Å²) in [4.78, 5) is 0. The van der Waals surface area contributed by atoms with Gasteiger partial charge in [0.25, 0.3) is 0 Å². The lowest BCUT2D eigenvalue weighted by atomic mass is 9.80. The van der Waals surface area contributed by atoms with Crippen LogP contribution in [-0.4, -0.2) is 24.0 Å². The van der Waals surface area contributed by atoms with Gasteiger partial charge >= 0.3 is 0 Å². The average Bonchev–Trinajstić information content (AvgIpc) is 3.19. The predicted octanol–water partition coefficient (Wildman–Crippen LogP) is 20.3. The lowest BCUT2D eigenvalue weighted by Crippen LogP contribution is -2.07. The maximum absolute atomic E-state index is 2.89. The summed E-state index contributed by atoms with van der Waals surface area (Å²) in [6, 6.07) is 0. The molecule has 6 heteroatoms. The van der Waals surface area contributed by atoms with Gasteiger partial charge in [0.15, 0.2) is 0 Å². The van der Waals surface area contributed by atoms with E-state index in [1.54, 1.807) is 66.1 Å². The summed E-state index contributed by atoms with van der Waals surface area (Å²) >= 11 is 0. The zero-order valence-electron chi connectivity index (χ0n) is 38.8. The summed E-state index contributed by atoms with van der Waals surface area (Å²) in [5, 5.41) is 6.37. The molecule has 0 amide bonds. The first-order chi connectivity index (χ1) is 26.5. The van der Waals surface area contributed by atoms with Gasteiger partial charge in [-0.25, -0.2) is 0 Å². The van der Waals surface area contributed by atoms with Gasteiger partial charge in [0.1, 0.15) is 0 Å². The number of fused-ring (bicyclic) bond motifs is 2. The van der Waals surface area contributed by atoms with E-state index < -0.39 is 0 Å². The molecule has 4 unspecified atom stereocenters. The Morgan fingerprint density at radius 3 is 0.726 bits per heavy atom. The number of benzene rings is 4. The zero-order chi connectivity index (χ0) is 42.0. The molecule has 4 aromatic carbocycles. The molecule has 0 spiro atoms. The van der Waals surface area contributed by atoms with Gasteiger partial charge in [-0.3, -0.25) is 0 Å². The summed E-state index contributed by atoms with van der Waals surface area (Å²) in [6.07, 6.45) is 20.1. The fourth-order valence-electron chi connectivity index (χ4n) is 9.16. The van der Waals surface area contributed by atoms with E-state index in [0.29, 0.717) is 20.1 Å². The fraction of sp³-hybridized carbons (Fsp3) is 0.643. The molecule has 0 fully saturated rings. The zero-order valence-corrected chi connectivity index (χ0v) is 44.5. The Balaban J connectivity index is -0.000000495. The van der Waals surface area contributed by atoms with Gasteiger partial charge in [0.2, 0.25) is 0 Å². The van der Waals surface area contributed by atoms with Crippen molar-refractivity contribution in [3.8, 4) is 0 Å². The summed E-state index contributed by atoms with van der Waals surface area (Å²) < 4.78 is 0. The van der Waals surface area contributed by atoms with Crippen molar-refractivity contribution in [2.75, 3.05) is 24.0 Å². The van der Waals surface area contributed by atoms with E-state index in [4.69, 9.17) is 0 Å². The highest BCUT2D eigenvalue weighted by atomic mass is 32.6. The van der Waals surface area contributed by atoms with Crippen molar-refractivity contribution in [2.24, 2.45) is 0 Å². The second-order valence-corrected chi connectivity index (χ2v) is 29.3. The second-order valence-electron chi connectivity index (χ2n) is 16.9. The SMILES string of the molecule is C.C.C.C.C.C.CCCCCc1c(C)c(C)c(CCCS(C)=PP)c2c(C)c(C)c(C)c(C)c12.CCCCCc1c(C)c(C)c(CCCS(C)=PP)c2c(C)c(C)c(C)c(C)c12. The van der Waals surface area contributed by atoms with Gasteiger partial charge in [-0.2, -0.15) is 20.1 Å². The third-order valence-electron chi connectivity index (χ3n) is 13.7.